The Bertz CT molecular complexity index is 625. The fourth-order valence-electron chi connectivity index (χ4n) is 3.64. The topological polar surface area (TPSA) is 74.6 Å². The summed E-state index contributed by atoms with van der Waals surface area (Å²) in [5, 5.41) is 9.71. The van der Waals surface area contributed by atoms with E-state index in [-0.39, 0.29) is 5.75 Å². The van der Waals surface area contributed by atoms with Crippen molar-refractivity contribution in [3.05, 3.63) is 23.8 Å². The molecule has 0 heterocycles. The maximum absolute atomic E-state index is 11.1. The fraction of sp³-hybridized carbons (Fsp3) is 0.739. The molecule has 0 aliphatic rings. The summed E-state index contributed by atoms with van der Waals surface area (Å²) >= 11 is 0. The third kappa shape index (κ3) is 11.7. The van der Waals surface area contributed by atoms with Crippen molar-refractivity contribution in [1.82, 2.24) is 0 Å². The number of unbranched alkanes of at least 4 members (excludes halogenated alkanes) is 14. The monoisotopic (exact) mass is 412 g/mol. The summed E-state index contributed by atoms with van der Waals surface area (Å²) in [5.41, 5.74) is 0.902. The van der Waals surface area contributed by atoms with Gasteiger partial charge >= 0.3 is 0 Å². The molecule has 162 valence electrons. The van der Waals surface area contributed by atoms with Gasteiger partial charge in [0.05, 0.1) is 0 Å². The van der Waals surface area contributed by atoms with E-state index in [0.29, 0.717) is 0 Å². The van der Waals surface area contributed by atoms with Crippen molar-refractivity contribution < 1.29 is 18.1 Å². The van der Waals surface area contributed by atoms with E-state index in [4.69, 9.17) is 4.55 Å². The van der Waals surface area contributed by atoms with Gasteiger partial charge in [0.25, 0.3) is 10.1 Å². The highest BCUT2D eigenvalue weighted by Crippen LogP contribution is 2.24. The standard InChI is InChI=1S/C23H40O4S/c1-2-3-4-5-6-7-8-9-10-11-12-13-14-15-16-17-21-18-19-23(22(24)20-21)28(25,26)27/h18-20,24H,2-17H2,1H3,(H,25,26,27). The fourth-order valence-corrected chi connectivity index (χ4v) is 4.20. The van der Waals surface area contributed by atoms with E-state index < -0.39 is 15.0 Å². The molecule has 0 radical (unpaired) electrons. The molecule has 2 N–H and O–H groups in total. The number of phenolic OH excluding ortho intramolecular Hbond substituents is 1. The molecule has 28 heavy (non-hydrogen) atoms. The lowest BCUT2D eigenvalue weighted by atomic mass is 10.0. The maximum Gasteiger partial charge on any atom is 0.298 e. The van der Waals surface area contributed by atoms with Crippen molar-refractivity contribution in [2.24, 2.45) is 0 Å². The maximum atomic E-state index is 11.1. The van der Waals surface area contributed by atoms with E-state index in [1.807, 2.05) is 0 Å². The molecule has 0 fully saturated rings. The average molecular weight is 413 g/mol. The Balaban J connectivity index is 1.95. The van der Waals surface area contributed by atoms with E-state index in [2.05, 4.69) is 6.92 Å². The Morgan fingerprint density at radius 1 is 0.714 bits per heavy atom. The second kappa shape index (κ2) is 14.9. The molecule has 0 bridgehead atoms. The molecule has 0 amide bonds. The van der Waals surface area contributed by atoms with Crippen LogP contribution in [-0.2, 0) is 16.5 Å². The Morgan fingerprint density at radius 2 is 1.14 bits per heavy atom. The molecule has 1 rings (SSSR count). The summed E-state index contributed by atoms with van der Waals surface area (Å²) in [6.45, 7) is 2.26. The molecule has 0 spiro atoms. The Kier molecular flexibility index (Phi) is 13.3. The van der Waals surface area contributed by atoms with Crippen molar-refractivity contribution in [2.75, 3.05) is 0 Å². The van der Waals surface area contributed by atoms with Gasteiger partial charge < -0.3 is 5.11 Å². The van der Waals surface area contributed by atoms with Crippen LogP contribution in [0.1, 0.15) is 109 Å². The molecule has 0 unspecified atom stereocenters. The molecule has 1 aromatic rings. The molecule has 0 saturated carbocycles. The number of hydrogen-bond donors (Lipinski definition) is 2. The summed E-state index contributed by atoms with van der Waals surface area (Å²) in [6.07, 6.45) is 20.7. The summed E-state index contributed by atoms with van der Waals surface area (Å²) in [4.78, 5) is -0.423. The largest absolute Gasteiger partial charge is 0.506 e. The number of phenols is 1. The van der Waals surface area contributed by atoms with Crippen molar-refractivity contribution in [3.8, 4) is 5.75 Å². The van der Waals surface area contributed by atoms with E-state index in [0.717, 1.165) is 24.8 Å². The summed E-state index contributed by atoms with van der Waals surface area (Å²) in [7, 11) is -4.35. The highest BCUT2D eigenvalue weighted by atomic mass is 32.2. The zero-order valence-corrected chi connectivity index (χ0v) is 18.5. The van der Waals surface area contributed by atoms with Gasteiger partial charge in [0.15, 0.2) is 0 Å². The van der Waals surface area contributed by atoms with Crippen LogP contribution in [0.25, 0.3) is 0 Å². The van der Waals surface area contributed by atoms with Crippen LogP contribution in [0.2, 0.25) is 0 Å². The smallest absolute Gasteiger partial charge is 0.298 e. The zero-order chi connectivity index (χ0) is 20.7. The first kappa shape index (κ1) is 25.0. The van der Waals surface area contributed by atoms with Crippen LogP contribution >= 0.6 is 0 Å². The number of aromatic hydroxyl groups is 1. The minimum atomic E-state index is -4.35. The lowest BCUT2D eigenvalue weighted by Crippen LogP contribution is -1.99. The molecule has 0 aliphatic heterocycles. The summed E-state index contributed by atoms with van der Waals surface area (Å²) < 4.78 is 31.1. The first-order valence-electron chi connectivity index (χ1n) is 11.2. The number of aryl methyl sites for hydroxylation is 1. The first-order chi connectivity index (χ1) is 13.4. The molecule has 5 heteroatoms. The van der Waals surface area contributed by atoms with Crippen LogP contribution in [0.15, 0.2) is 23.1 Å². The van der Waals surface area contributed by atoms with Gasteiger partial charge in [-0.05, 0) is 30.5 Å². The predicted octanol–water partition coefficient (Wildman–Crippen LogP) is 7.05. The molecule has 0 saturated heterocycles. The van der Waals surface area contributed by atoms with E-state index in [9.17, 15) is 13.5 Å². The lowest BCUT2D eigenvalue weighted by molar-refractivity contribution is 0.442. The third-order valence-electron chi connectivity index (χ3n) is 5.37. The highest BCUT2D eigenvalue weighted by Gasteiger charge is 2.15. The first-order valence-corrected chi connectivity index (χ1v) is 12.7. The zero-order valence-electron chi connectivity index (χ0n) is 17.7. The molecule has 1 aromatic carbocycles. The number of rotatable bonds is 17. The molecule has 0 aliphatic carbocycles. The van der Waals surface area contributed by atoms with Crippen molar-refractivity contribution in [2.45, 2.75) is 115 Å². The molecule has 0 aromatic heterocycles. The highest BCUT2D eigenvalue weighted by molar-refractivity contribution is 7.86. The van der Waals surface area contributed by atoms with E-state index >= 15 is 0 Å². The van der Waals surface area contributed by atoms with Crippen LogP contribution in [0.3, 0.4) is 0 Å². The molecule has 0 atom stereocenters. The minimum absolute atomic E-state index is 0.374. The van der Waals surface area contributed by atoms with E-state index in [1.165, 1.54) is 95.6 Å². The summed E-state index contributed by atoms with van der Waals surface area (Å²) in [5.74, 6) is -0.374. The van der Waals surface area contributed by atoms with Crippen LogP contribution in [0.5, 0.6) is 5.75 Å². The van der Waals surface area contributed by atoms with E-state index in [1.54, 1.807) is 6.07 Å². The van der Waals surface area contributed by atoms with Crippen molar-refractivity contribution >= 4 is 10.1 Å². The quantitative estimate of drug-likeness (QED) is 0.212. The number of benzene rings is 1. The SMILES string of the molecule is CCCCCCCCCCCCCCCCCc1ccc(S(=O)(=O)O)c(O)c1. The molecular weight excluding hydrogens is 372 g/mol. The Morgan fingerprint density at radius 3 is 1.54 bits per heavy atom. The van der Waals surface area contributed by atoms with Gasteiger partial charge in [0.1, 0.15) is 10.6 Å². The van der Waals surface area contributed by atoms with Gasteiger partial charge in [-0.25, -0.2) is 0 Å². The van der Waals surface area contributed by atoms with Gasteiger partial charge in [-0.1, -0.05) is 103 Å². The Labute approximate surface area is 172 Å². The normalized spacial score (nSPS) is 11.8. The predicted molar refractivity (Wildman–Crippen MR) is 117 cm³/mol. The lowest BCUT2D eigenvalue weighted by Gasteiger charge is -2.06. The van der Waals surface area contributed by atoms with Crippen molar-refractivity contribution in [3.63, 3.8) is 0 Å². The second-order valence-corrected chi connectivity index (χ2v) is 9.37. The van der Waals surface area contributed by atoms with Gasteiger partial charge in [-0.3, -0.25) is 4.55 Å². The third-order valence-corrected chi connectivity index (χ3v) is 6.27. The van der Waals surface area contributed by atoms with Crippen LogP contribution in [-0.4, -0.2) is 18.1 Å². The minimum Gasteiger partial charge on any atom is -0.506 e. The molecular formula is C23H40O4S. The Hall–Kier alpha value is -1.07. The van der Waals surface area contributed by atoms with Gasteiger partial charge in [0.2, 0.25) is 0 Å². The van der Waals surface area contributed by atoms with Crippen LogP contribution in [0, 0.1) is 0 Å². The molecule has 4 nitrogen and oxygen atoms in total. The van der Waals surface area contributed by atoms with Gasteiger partial charge in [0, 0.05) is 0 Å². The summed E-state index contributed by atoms with van der Waals surface area (Å²) in [6, 6.07) is 4.37. The van der Waals surface area contributed by atoms with Crippen molar-refractivity contribution in [1.29, 1.82) is 0 Å². The van der Waals surface area contributed by atoms with Gasteiger partial charge in [-0.15, -0.1) is 0 Å². The van der Waals surface area contributed by atoms with Gasteiger partial charge in [-0.2, -0.15) is 8.42 Å². The van der Waals surface area contributed by atoms with Crippen LogP contribution < -0.4 is 0 Å². The number of hydrogen-bond acceptors (Lipinski definition) is 3. The second-order valence-electron chi connectivity index (χ2n) is 7.98. The average Bonchev–Trinajstić information content (AvgIpc) is 2.64. The van der Waals surface area contributed by atoms with Crippen LogP contribution in [0.4, 0.5) is 0 Å².